The first kappa shape index (κ1) is 19.4. The summed E-state index contributed by atoms with van der Waals surface area (Å²) in [5.74, 6) is 0.705. The molecular weight excluding hydrogens is 378 g/mol. The smallest absolute Gasteiger partial charge is 0.268 e. The summed E-state index contributed by atoms with van der Waals surface area (Å²) >= 11 is 0. The molecule has 150 valence electrons. The molecule has 0 aliphatic heterocycles. The van der Waals surface area contributed by atoms with Gasteiger partial charge in [-0.1, -0.05) is 29.8 Å². The van der Waals surface area contributed by atoms with Gasteiger partial charge in [-0.3, -0.25) is 9.78 Å². The van der Waals surface area contributed by atoms with Gasteiger partial charge in [0.1, 0.15) is 5.69 Å². The van der Waals surface area contributed by atoms with Gasteiger partial charge in [0.15, 0.2) is 0 Å². The van der Waals surface area contributed by atoms with Crippen LogP contribution >= 0.6 is 0 Å². The van der Waals surface area contributed by atoms with E-state index >= 15 is 0 Å². The van der Waals surface area contributed by atoms with Crippen LogP contribution in [0.1, 0.15) is 21.6 Å². The number of benzene rings is 2. The van der Waals surface area contributed by atoms with Crippen molar-refractivity contribution in [3.63, 3.8) is 0 Å². The van der Waals surface area contributed by atoms with Crippen LogP contribution in [0.5, 0.6) is 0 Å². The quantitative estimate of drug-likeness (QED) is 0.512. The highest BCUT2D eigenvalue weighted by Crippen LogP contribution is 2.27. The van der Waals surface area contributed by atoms with Crippen molar-refractivity contribution in [2.45, 2.75) is 13.8 Å². The second-order valence-electron chi connectivity index (χ2n) is 7.25. The van der Waals surface area contributed by atoms with Gasteiger partial charge in [-0.15, -0.1) is 10.2 Å². The van der Waals surface area contributed by atoms with Crippen LogP contribution in [0.4, 0.5) is 0 Å². The molecule has 4 rings (SSSR count). The Hall–Kier alpha value is -3.87. The summed E-state index contributed by atoms with van der Waals surface area (Å²) in [6, 6.07) is 15.1. The lowest BCUT2D eigenvalue weighted by molar-refractivity contribution is 0.0827. The summed E-state index contributed by atoms with van der Waals surface area (Å²) in [4.78, 5) is 22.8. The lowest BCUT2D eigenvalue weighted by Gasteiger charge is -2.10. The molecule has 30 heavy (non-hydrogen) atoms. The van der Waals surface area contributed by atoms with Crippen LogP contribution in [0.3, 0.4) is 0 Å². The second-order valence-corrected chi connectivity index (χ2v) is 7.25. The predicted octanol–water partition coefficient (Wildman–Crippen LogP) is 4.18. The Balaban J connectivity index is 1.67. The topological polar surface area (TPSA) is 85.0 Å². The first-order valence-electron chi connectivity index (χ1n) is 9.49. The highest BCUT2D eigenvalue weighted by Gasteiger charge is 2.16. The Kier molecular flexibility index (Phi) is 5.10. The van der Waals surface area contributed by atoms with Crippen LogP contribution in [0, 0.1) is 13.8 Å². The minimum atomic E-state index is -0.0493. The van der Waals surface area contributed by atoms with Crippen molar-refractivity contribution >= 4 is 5.91 Å². The number of aromatic nitrogens is 4. The second kappa shape index (κ2) is 7.87. The maximum absolute atomic E-state index is 12.1. The maximum atomic E-state index is 12.1. The molecule has 0 atom stereocenters. The van der Waals surface area contributed by atoms with Gasteiger partial charge in [-0.05, 0) is 38.1 Å². The third-order valence-corrected chi connectivity index (χ3v) is 4.68. The number of hydrogen-bond donors (Lipinski definition) is 0. The molecule has 7 heteroatoms. The molecule has 2 aromatic carbocycles. The summed E-state index contributed by atoms with van der Waals surface area (Å²) in [7, 11) is 3.45. The van der Waals surface area contributed by atoms with Crippen molar-refractivity contribution in [2.24, 2.45) is 0 Å². The molecule has 0 N–H and O–H groups in total. The Morgan fingerprint density at radius 1 is 0.933 bits per heavy atom. The van der Waals surface area contributed by atoms with E-state index in [1.807, 2.05) is 50.2 Å². The number of rotatable bonds is 4. The maximum Gasteiger partial charge on any atom is 0.268 e. The van der Waals surface area contributed by atoms with E-state index in [2.05, 4.69) is 15.2 Å². The average molecular weight is 399 g/mol. The van der Waals surface area contributed by atoms with Crippen molar-refractivity contribution in [1.29, 1.82) is 0 Å². The van der Waals surface area contributed by atoms with Crippen molar-refractivity contribution in [2.75, 3.05) is 14.1 Å². The monoisotopic (exact) mass is 399 g/mol. The molecule has 0 spiro atoms. The van der Waals surface area contributed by atoms with Crippen molar-refractivity contribution < 1.29 is 9.21 Å². The Morgan fingerprint density at radius 2 is 1.67 bits per heavy atom. The molecule has 0 saturated heterocycles. The van der Waals surface area contributed by atoms with E-state index in [9.17, 15) is 4.79 Å². The van der Waals surface area contributed by atoms with Gasteiger partial charge < -0.3 is 9.32 Å². The van der Waals surface area contributed by atoms with Crippen molar-refractivity contribution in [3.05, 3.63) is 71.5 Å². The molecule has 0 aliphatic rings. The lowest BCUT2D eigenvalue weighted by atomic mass is 10.1. The molecule has 2 heterocycles. The van der Waals surface area contributed by atoms with Gasteiger partial charge in [0.2, 0.25) is 5.89 Å². The molecule has 1 amide bonds. The zero-order valence-corrected chi connectivity index (χ0v) is 17.2. The van der Waals surface area contributed by atoms with Crippen LogP contribution in [-0.4, -0.2) is 45.1 Å². The standard InChI is InChI=1S/C23H21N5O2/c1-14-6-5-7-18(12-14)21-26-27-22(30-21)20-15(2)24-13-19(25-20)16-8-10-17(11-9-16)23(29)28(3)4/h5-13H,1-4H3. The van der Waals surface area contributed by atoms with Crippen LogP contribution in [0.2, 0.25) is 0 Å². The molecule has 0 saturated carbocycles. The molecule has 0 bridgehead atoms. The minimum absolute atomic E-state index is 0.0493. The molecule has 4 aromatic rings. The third-order valence-electron chi connectivity index (χ3n) is 4.68. The van der Waals surface area contributed by atoms with Gasteiger partial charge in [0.05, 0.1) is 17.6 Å². The number of carbonyl (C=O) groups excluding carboxylic acids is 1. The number of carbonyl (C=O) groups is 1. The number of aryl methyl sites for hydroxylation is 2. The van der Waals surface area contributed by atoms with Gasteiger partial charge in [0, 0.05) is 30.8 Å². The number of amides is 1. The summed E-state index contributed by atoms with van der Waals surface area (Å²) in [5.41, 5.74) is 5.32. The fraction of sp³-hybridized carbons (Fsp3) is 0.174. The van der Waals surface area contributed by atoms with Crippen LogP contribution in [-0.2, 0) is 0 Å². The van der Waals surface area contributed by atoms with Gasteiger partial charge >= 0.3 is 0 Å². The zero-order valence-electron chi connectivity index (χ0n) is 17.2. The predicted molar refractivity (Wildman–Crippen MR) is 114 cm³/mol. The normalized spacial score (nSPS) is 10.8. The largest absolute Gasteiger partial charge is 0.415 e. The molecule has 7 nitrogen and oxygen atoms in total. The third kappa shape index (κ3) is 3.82. The molecule has 0 fully saturated rings. The van der Waals surface area contributed by atoms with Crippen molar-refractivity contribution in [3.8, 4) is 34.3 Å². The zero-order chi connectivity index (χ0) is 21.3. The van der Waals surface area contributed by atoms with E-state index in [0.717, 1.165) is 16.7 Å². The number of hydrogen-bond acceptors (Lipinski definition) is 6. The van der Waals surface area contributed by atoms with Crippen LogP contribution in [0.15, 0.2) is 59.1 Å². The van der Waals surface area contributed by atoms with Gasteiger partial charge in [-0.2, -0.15) is 0 Å². The summed E-state index contributed by atoms with van der Waals surface area (Å²) < 4.78 is 5.88. The van der Waals surface area contributed by atoms with E-state index in [0.29, 0.717) is 34.4 Å². The average Bonchev–Trinajstić information content (AvgIpc) is 3.24. The minimum Gasteiger partial charge on any atom is -0.415 e. The number of nitrogens with zero attached hydrogens (tertiary/aromatic N) is 5. The van der Waals surface area contributed by atoms with Crippen molar-refractivity contribution in [1.82, 2.24) is 25.1 Å². The Labute approximate surface area is 174 Å². The van der Waals surface area contributed by atoms with E-state index in [1.165, 1.54) is 0 Å². The first-order chi connectivity index (χ1) is 14.4. The molecular formula is C23H21N5O2. The van der Waals surface area contributed by atoms with E-state index in [1.54, 1.807) is 37.3 Å². The van der Waals surface area contributed by atoms with E-state index in [4.69, 9.17) is 9.40 Å². The molecule has 0 radical (unpaired) electrons. The molecule has 0 aliphatic carbocycles. The van der Waals surface area contributed by atoms with Crippen LogP contribution in [0.25, 0.3) is 34.3 Å². The summed E-state index contributed by atoms with van der Waals surface area (Å²) in [6.45, 7) is 3.86. The van der Waals surface area contributed by atoms with Crippen LogP contribution < -0.4 is 0 Å². The fourth-order valence-electron chi connectivity index (χ4n) is 3.05. The molecule has 0 unspecified atom stereocenters. The Bertz CT molecular complexity index is 1210. The lowest BCUT2D eigenvalue weighted by Crippen LogP contribution is -2.21. The summed E-state index contributed by atoms with van der Waals surface area (Å²) in [5, 5.41) is 8.34. The first-order valence-corrected chi connectivity index (χ1v) is 9.49. The SMILES string of the molecule is Cc1cccc(-c2nnc(-c3nc(-c4ccc(C(=O)N(C)C)cc4)cnc3C)o2)c1. The highest BCUT2D eigenvalue weighted by atomic mass is 16.4. The van der Waals surface area contributed by atoms with Gasteiger partial charge in [-0.25, -0.2) is 4.98 Å². The highest BCUT2D eigenvalue weighted by molar-refractivity contribution is 5.94. The van der Waals surface area contributed by atoms with E-state index < -0.39 is 0 Å². The Morgan fingerprint density at radius 3 is 2.37 bits per heavy atom. The summed E-state index contributed by atoms with van der Waals surface area (Å²) in [6.07, 6.45) is 1.69. The fourth-order valence-corrected chi connectivity index (χ4v) is 3.05. The van der Waals surface area contributed by atoms with Gasteiger partial charge in [0.25, 0.3) is 11.8 Å². The molecule has 2 aromatic heterocycles. The van der Waals surface area contributed by atoms with E-state index in [-0.39, 0.29) is 5.91 Å².